The van der Waals surface area contributed by atoms with E-state index in [1.165, 1.54) is 6.92 Å². The summed E-state index contributed by atoms with van der Waals surface area (Å²) in [5, 5.41) is 9.18. The first kappa shape index (κ1) is 6.49. The van der Waals surface area contributed by atoms with E-state index in [4.69, 9.17) is 4.11 Å². The Kier molecular flexibility index (Phi) is 1.91. The second kappa shape index (κ2) is 3.83. The van der Waals surface area contributed by atoms with Crippen LogP contribution >= 0.6 is 11.8 Å². The van der Waals surface area contributed by atoms with E-state index in [1.807, 2.05) is 0 Å². The molecule has 0 amide bonds. The van der Waals surface area contributed by atoms with Crippen molar-refractivity contribution in [2.45, 2.75) is 11.7 Å². The third-order valence-electron chi connectivity index (χ3n) is 1.94. The Bertz CT molecular complexity index is 377. The van der Waals surface area contributed by atoms with E-state index in [2.05, 4.69) is 0 Å². The van der Waals surface area contributed by atoms with Crippen LogP contribution in [-0.2, 0) is 9.54 Å². The number of rotatable bonds is 3. The van der Waals surface area contributed by atoms with Crippen molar-refractivity contribution in [3.05, 3.63) is 35.9 Å². The Labute approximate surface area is 86.2 Å². The molecule has 1 unspecified atom stereocenters. The van der Waals surface area contributed by atoms with Gasteiger partial charge >= 0.3 is 5.97 Å². The lowest BCUT2D eigenvalue weighted by molar-refractivity contribution is -0.139. The van der Waals surface area contributed by atoms with Crippen LogP contribution in [-0.4, -0.2) is 17.3 Å². The topological polar surface area (TPSA) is 37.3 Å². The number of thioether (sulfide) groups is 1. The Morgan fingerprint density at radius 2 is 2.15 bits per heavy atom. The molecule has 1 rings (SSSR count). The second-order valence-corrected chi connectivity index (χ2v) is 3.83. The Morgan fingerprint density at radius 3 is 2.62 bits per heavy atom. The molecule has 0 aliphatic rings. The van der Waals surface area contributed by atoms with Gasteiger partial charge in [-0.2, -0.15) is 0 Å². The molecule has 1 aromatic carbocycles. The van der Waals surface area contributed by atoms with Crippen molar-refractivity contribution in [2.24, 2.45) is 0 Å². The third kappa shape index (κ3) is 1.86. The molecule has 70 valence electrons. The molecule has 0 aromatic heterocycles. The Hall–Kier alpha value is -0.960. The van der Waals surface area contributed by atoms with E-state index in [9.17, 15) is 9.90 Å². The predicted molar refractivity (Wildman–Crippen MR) is 54.9 cm³/mol. The van der Waals surface area contributed by atoms with Gasteiger partial charge in [-0.3, -0.25) is 4.79 Å². The van der Waals surface area contributed by atoms with Crippen molar-refractivity contribution in [3.8, 4) is 0 Å². The molecule has 1 aromatic rings. The minimum Gasteiger partial charge on any atom is -0.480 e. The number of carboxylic acid groups (broad SMARTS) is 1. The smallest absolute Gasteiger partial charge is 0.324 e. The van der Waals surface area contributed by atoms with E-state index < -0.39 is 16.9 Å². The van der Waals surface area contributed by atoms with Crippen molar-refractivity contribution in [2.75, 3.05) is 6.18 Å². The second-order valence-electron chi connectivity index (χ2n) is 2.81. The Balaban J connectivity index is 3.13. The van der Waals surface area contributed by atoms with Gasteiger partial charge < -0.3 is 5.11 Å². The molecule has 1 N–H and O–H groups in total. The molecule has 0 saturated carbocycles. The fraction of sp³-hybridized carbons (Fsp3) is 0.300. The Morgan fingerprint density at radius 1 is 1.54 bits per heavy atom. The molecule has 3 heteroatoms. The number of aliphatic carboxylic acids is 1. The summed E-state index contributed by atoms with van der Waals surface area (Å²) in [6.45, 7) is 1.40. The zero-order valence-electron chi connectivity index (χ0n) is 10.2. The largest absolute Gasteiger partial charge is 0.480 e. The van der Waals surface area contributed by atoms with Crippen LogP contribution in [0.3, 0.4) is 0 Å². The first-order valence-corrected chi connectivity index (χ1v) is 4.56. The highest BCUT2D eigenvalue weighted by molar-refractivity contribution is 8.00. The molecule has 0 fully saturated rings. The maximum Gasteiger partial charge on any atom is 0.324 e. The summed E-state index contributed by atoms with van der Waals surface area (Å²) in [7, 11) is 0. The summed E-state index contributed by atoms with van der Waals surface area (Å²) in [6.07, 6.45) is -2.34. The molecule has 0 radical (unpaired) electrons. The van der Waals surface area contributed by atoms with E-state index in [0.29, 0.717) is 17.3 Å². The van der Waals surface area contributed by atoms with Crippen LogP contribution in [0.4, 0.5) is 0 Å². The molecular formula is C10H12O2S. The van der Waals surface area contributed by atoms with Crippen molar-refractivity contribution < 1.29 is 14.0 Å². The van der Waals surface area contributed by atoms with E-state index in [1.54, 1.807) is 30.3 Å². The van der Waals surface area contributed by atoms with Crippen LogP contribution in [0.15, 0.2) is 30.3 Å². The highest BCUT2D eigenvalue weighted by atomic mass is 32.2. The van der Waals surface area contributed by atoms with Crippen LogP contribution < -0.4 is 0 Å². The fourth-order valence-corrected chi connectivity index (χ4v) is 1.32. The maximum atomic E-state index is 11.2. The highest BCUT2D eigenvalue weighted by Crippen LogP contribution is 2.34. The van der Waals surface area contributed by atoms with Gasteiger partial charge in [0.05, 0.1) is 0 Å². The highest BCUT2D eigenvalue weighted by Gasteiger charge is 2.33. The molecule has 13 heavy (non-hydrogen) atoms. The van der Waals surface area contributed by atoms with E-state index >= 15 is 0 Å². The maximum absolute atomic E-state index is 11.2. The van der Waals surface area contributed by atoms with Crippen molar-refractivity contribution in [1.82, 2.24) is 0 Å². The average Bonchev–Trinajstić information content (AvgIpc) is 2.16. The van der Waals surface area contributed by atoms with Crippen LogP contribution in [0.2, 0.25) is 0 Å². The SMILES string of the molecule is [2H]C([2H])([2H])SC(C)(C(=O)O)c1ccccc1. The van der Waals surface area contributed by atoms with Gasteiger partial charge in [-0.05, 0) is 18.7 Å². The van der Waals surface area contributed by atoms with Gasteiger partial charge in [0.1, 0.15) is 4.75 Å². The predicted octanol–water partition coefficient (Wildman–Crippen LogP) is 2.35. The number of hydrogen-bond donors (Lipinski definition) is 1. The summed E-state index contributed by atoms with van der Waals surface area (Å²) < 4.78 is 20.0. The lowest BCUT2D eigenvalue weighted by Gasteiger charge is -2.22. The van der Waals surface area contributed by atoms with E-state index in [-0.39, 0.29) is 0 Å². The van der Waals surface area contributed by atoms with Gasteiger partial charge in [0.2, 0.25) is 0 Å². The molecule has 0 aliphatic carbocycles. The third-order valence-corrected chi connectivity index (χ3v) is 2.76. The molecular weight excluding hydrogens is 184 g/mol. The van der Waals surface area contributed by atoms with Crippen molar-refractivity contribution in [3.63, 3.8) is 0 Å². The summed E-state index contributed by atoms with van der Waals surface area (Å²) in [6, 6.07) is 8.37. The summed E-state index contributed by atoms with van der Waals surface area (Å²) >= 11 is 0.466. The molecule has 0 bridgehead atoms. The number of carboxylic acids is 1. The molecule has 0 saturated heterocycles. The minimum atomic E-state index is -2.34. The van der Waals surface area contributed by atoms with Crippen molar-refractivity contribution in [1.29, 1.82) is 0 Å². The van der Waals surface area contributed by atoms with Crippen LogP contribution in [0.1, 0.15) is 16.6 Å². The first-order valence-electron chi connectivity index (χ1n) is 5.25. The van der Waals surface area contributed by atoms with Gasteiger partial charge in [-0.1, -0.05) is 30.3 Å². The molecule has 1 atom stereocenters. The van der Waals surface area contributed by atoms with Crippen LogP contribution in [0.5, 0.6) is 0 Å². The lowest BCUT2D eigenvalue weighted by atomic mass is 10.0. The summed E-state index contributed by atoms with van der Waals surface area (Å²) in [5.41, 5.74) is 0.476. The molecule has 0 heterocycles. The van der Waals surface area contributed by atoms with Gasteiger partial charge in [0.25, 0.3) is 0 Å². The van der Waals surface area contributed by atoms with E-state index in [0.717, 1.165) is 0 Å². The molecule has 0 aliphatic heterocycles. The average molecular weight is 199 g/mol. The molecule has 0 spiro atoms. The minimum absolute atomic E-state index is 0.466. The monoisotopic (exact) mass is 199 g/mol. The normalized spacial score (nSPS) is 19.3. The van der Waals surface area contributed by atoms with Gasteiger partial charge in [-0.25, -0.2) is 0 Å². The zero-order valence-corrected chi connectivity index (χ0v) is 7.97. The summed E-state index contributed by atoms with van der Waals surface area (Å²) in [4.78, 5) is 11.2. The first-order chi connectivity index (χ1) is 7.26. The standard InChI is InChI=1S/C10H12O2S/c1-10(13-2,9(11)12)8-6-4-3-5-7-8/h3-7H,1-2H3,(H,11,12)/i2D3. The summed E-state index contributed by atoms with van der Waals surface area (Å²) in [5.74, 6) is -1.15. The van der Waals surface area contributed by atoms with Crippen molar-refractivity contribution >= 4 is 17.7 Å². The molecule has 2 nitrogen and oxygen atoms in total. The zero-order chi connectivity index (χ0) is 12.4. The van der Waals surface area contributed by atoms with Gasteiger partial charge in [0.15, 0.2) is 0 Å². The number of hydrogen-bond acceptors (Lipinski definition) is 2. The number of benzene rings is 1. The number of carbonyl (C=O) groups is 1. The fourth-order valence-electron chi connectivity index (χ4n) is 0.982. The van der Waals surface area contributed by atoms with Gasteiger partial charge in [-0.15, -0.1) is 11.8 Å². The van der Waals surface area contributed by atoms with Crippen LogP contribution in [0, 0.1) is 0 Å². The van der Waals surface area contributed by atoms with Crippen LogP contribution in [0.25, 0.3) is 0 Å². The lowest BCUT2D eigenvalue weighted by Crippen LogP contribution is -2.28. The quantitative estimate of drug-likeness (QED) is 0.812. The van der Waals surface area contributed by atoms with Gasteiger partial charge in [0, 0.05) is 4.11 Å².